The van der Waals surface area contributed by atoms with Gasteiger partial charge in [-0.25, -0.2) is 4.79 Å². The number of hydrogen-bond acceptors (Lipinski definition) is 7. The van der Waals surface area contributed by atoms with E-state index in [0.717, 1.165) is 16.7 Å². The lowest BCUT2D eigenvalue weighted by atomic mass is 10.2. The normalized spacial score (nSPS) is 11.6. The Kier molecular flexibility index (Phi) is 7.30. The predicted molar refractivity (Wildman–Crippen MR) is 119 cm³/mol. The van der Waals surface area contributed by atoms with E-state index in [1.165, 1.54) is 11.8 Å². The first-order valence-corrected chi connectivity index (χ1v) is 10.9. The molecule has 0 spiro atoms. The van der Waals surface area contributed by atoms with Crippen molar-refractivity contribution in [3.8, 4) is 11.4 Å². The van der Waals surface area contributed by atoms with E-state index in [1.807, 2.05) is 17.7 Å². The highest BCUT2D eigenvalue weighted by atomic mass is 32.2. The van der Waals surface area contributed by atoms with Gasteiger partial charge in [0, 0.05) is 11.4 Å². The highest BCUT2D eigenvalue weighted by molar-refractivity contribution is 7.98. The fourth-order valence-corrected chi connectivity index (χ4v) is 3.48. The Morgan fingerprint density at radius 2 is 1.77 bits per heavy atom. The summed E-state index contributed by atoms with van der Waals surface area (Å²) in [5.41, 5.74) is 1.79. The maximum absolute atomic E-state index is 12.6. The Bertz CT molecular complexity index is 1050. The first-order chi connectivity index (χ1) is 15.0. The van der Waals surface area contributed by atoms with Crippen LogP contribution in [0.15, 0.2) is 53.7 Å². The third-order valence-electron chi connectivity index (χ3n) is 4.61. The van der Waals surface area contributed by atoms with Gasteiger partial charge in [0.2, 0.25) is 0 Å². The first kappa shape index (κ1) is 22.4. The van der Waals surface area contributed by atoms with Crippen LogP contribution in [-0.2, 0) is 9.53 Å². The molecule has 162 valence electrons. The Balaban J connectivity index is 1.67. The predicted octanol–water partition coefficient (Wildman–Crippen LogP) is 3.88. The molecule has 0 aliphatic heterocycles. The van der Waals surface area contributed by atoms with E-state index in [1.54, 1.807) is 62.6 Å². The molecule has 2 aromatic carbocycles. The van der Waals surface area contributed by atoms with Gasteiger partial charge in [-0.2, -0.15) is 0 Å². The van der Waals surface area contributed by atoms with Crippen LogP contribution in [0.4, 0.5) is 5.69 Å². The van der Waals surface area contributed by atoms with E-state index in [2.05, 4.69) is 15.5 Å². The number of hydrogen-bond donors (Lipinski definition) is 1. The van der Waals surface area contributed by atoms with Gasteiger partial charge in [-0.05, 0) is 68.1 Å². The van der Waals surface area contributed by atoms with E-state index < -0.39 is 12.1 Å². The van der Waals surface area contributed by atoms with Gasteiger partial charge < -0.3 is 14.8 Å². The lowest BCUT2D eigenvalue weighted by Gasteiger charge is -2.16. The number of amides is 1. The second kappa shape index (κ2) is 10.1. The smallest absolute Gasteiger partial charge is 0.338 e. The Labute approximate surface area is 185 Å². The van der Waals surface area contributed by atoms with E-state index in [0.29, 0.717) is 23.4 Å². The van der Waals surface area contributed by atoms with E-state index in [-0.39, 0.29) is 5.91 Å². The summed E-state index contributed by atoms with van der Waals surface area (Å²) in [7, 11) is 1.57. The monoisotopic (exact) mass is 440 g/mol. The average molecular weight is 441 g/mol. The van der Waals surface area contributed by atoms with Gasteiger partial charge in [-0.1, -0.05) is 18.7 Å². The van der Waals surface area contributed by atoms with Crippen LogP contribution in [0.2, 0.25) is 0 Å². The maximum Gasteiger partial charge on any atom is 0.338 e. The van der Waals surface area contributed by atoms with Gasteiger partial charge in [0.15, 0.2) is 11.3 Å². The number of carbonyl (C=O) groups is 2. The summed E-state index contributed by atoms with van der Waals surface area (Å²) in [6.07, 6.45) is 1.37. The molecule has 3 rings (SSSR count). The highest BCUT2D eigenvalue weighted by Crippen LogP contribution is 2.21. The number of carbonyl (C=O) groups excluding carboxylic acids is 2. The van der Waals surface area contributed by atoms with Crippen molar-refractivity contribution < 1.29 is 19.1 Å². The lowest BCUT2D eigenvalue weighted by molar-refractivity contribution is -0.124. The minimum atomic E-state index is -0.905. The molecule has 9 heteroatoms. The Morgan fingerprint density at radius 3 is 2.35 bits per heavy atom. The number of esters is 1. The molecular weight excluding hydrogens is 416 g/mol. The summed E-state index contributed by atoms with van der Waals surface area (Å²) < 4.78 is 12.5. The number of aromatic nitrogens is 3. The third-order valence-corrected chi connectivity index (χ3v) is 5.24. The largest absolute Gasteiger partial charge is 0.497 e. The standard InChI is InChI=1S/C22H24N4O4S/c1-5-19(20(27)23-16-8-12-18(29-3)13-9-16)30-21(28)15-6-10-17(11-7-15)26-14(2)24-25-22(26)31-4/h6-13,19H,5H2,1-4H3,(H,23,27). The minimum absolute atomic E-state index is 0.350. The number of anilines is 1. The second-order valence-corrected chi connectivity index (χ2v) is 7.41. The van der Waals surface area contributed by atoms with E-state index in [9.17, 15) is 9.59 Å². The molecule has 8 nitrogen and oxygen atoms in total. The molecule has 1 aromatic heterocycles. The number of ether oxygens (including phenoxy) is 2. The van der Waals surface area contributed by atoms with Crippen molar-refractivity contribution in [1.29, 1.82) is 0 Å². The minimum Gasteiger partial charge on any atom is -0.497 e. The first-order valence-electron chi connectivity index (χ1n) is 9.69. The zero-order valence-electron chi connectivity index (χ0n) is 17.8. The molecule has 0 fully saturated rings. The molecule has 1 amide bonds. The molecule has 1 unspecified atom stereocenters. The molecule has 1 N–H and O–H groups in total. The van der Waals surface area contributed by atoms with Crippen LogP contribution in [-0.4, -0.2) is 46.1 Å². The maximum atomic E-state index is 12.6. The quantitative estimate of drug-likeness (QED) is 0.419. The number of nitrogens with one attached hydrogen (secondary N) is 1. The number of thioether (sulfide) groups is 1. The molecule has 31 heavy (non-hydrogen) atoms. The van der Waals surface area contributed by atoms with Gasteiger partial charge >= 0.3 is 5.97 Å². The van der Waals surface area contributed by atoms with Gasteiger partial charge in [0.1, 0.15) is 11.6 Å². The van der Waals surface area contributed by atoms with Crippen LogP contribution in [0.25, 0.3) is 5.69 Å². The number of nitrogens with zero attached hydrogens (tertiary/aromatic N) is 3. The van der Waals surface area contributed by atoms with Crippen LogP contribution in [0.1, 0.15) is 29.5 Å². The molecule has 0 radical (unpaired) electrons. The molecule has 0 saturated heterocycles. The Morgan fingerprint density at radius 1 is 1.10 bits per heavy atom. The summed E-state index contributed by atoms with van der Waals surface area (Å²) in [6, 6.07) is 13.8. The fraction of sp³-hybridized carbons (Fsp3) is 0.273. The molecule has 1 heterocycles. The zero-order chi connectivity index (χ0) is 22.4. The molecule has 1 atom stereocenters. The zero-order valence-corrected chi connectivity index (χ0v) is 18.6. The summed E-state index contributed by atoms with van der Waals surface area (Å²) in [6.45, 7) is 3.65. The molecular formula is C22H24N4O4S. The molecule has 0 aliphatic carbocycles. The van der Waals surface area contributed by atoms with Crippen LogP contribution in [0.3, 0.4) is 0 Å². The molecule has 0 aliphatic rings. The van der Waals surface area contributed by atoms with E-state index in [4.69, 9.17) is 9.47 Å². The number of benzene rings is 2. The van der Waals surface area contributed by atoms with Crippen molar-refractivity contribution in [2.45, 2.75) is 31.5 Å². The molecule has 0 saturated carbocycles. The van der Waals surface area contributed by atoms with Crippen LogP contribution >= 0.6 is 11.8 Å². The number of rotatable bonds is 8. The van der Waals surface area contributed by atoms with Crippen LogP contribution in [0.5, 0.6) is 5.75 Å². The Hall–Kier alpha value is -3.33. The van der Waals surface area contributed by atoms with Crippen molar-refractivity contribution in [1.82, 2.24) is 14.8 Å². The summed E-state index contributed by atoms with van der Waals surface area (Å²) >= 11 is 1.49. The number of aryl methyl sites for hydroxylation is 1. The fourth-order valence-electron chi connectivity index (χ4n) is 2.94. The molecule has 0 bridgehead atoms. The van der Waals surface area contributed by atoms with Crippen LogP contribution in [0, 0.1) is 6.92 Å². The SMILES string of the molecule is CCC(OC(=O)c1ccc(-n2c(C)nnc2SC)cc1)C(=O)Nc1ccc(OC)cc1. The van der Waals surface area contributed by atoms with Gasteiger partial charge in [0.25, 0.3) is 5.91 Å². The van der Waals surface area contributed by atoms with Gasteiger partial charge in [-0.3, -0.25) is 9.36 Å². The van der Waals surface area contributed by atoms with Gasteiger partial charge in [-0.15, -0.1) is 10.2 Å². The van der Waals surface area contributed by atoms with Crippen molar-refractivity contribution in [3.63, 3.8) is 0 Å². The average Bonchev–Trinajstić information content (AvgIpc) is 3.18. The number of methoxy groups -OCH3 is 1. The van der Waals surface area contributed by atoms with Crippen molar-refractivity contribution in [2.24, 2.45) is 0 Å². The van der Waals surface area contributed by atoms with Crippen LogP contribution < -0.4 is 10.1 Å². The topological polar surface area (TPSA) is 95.3 Å². The van der Waals surface area contributed by atoms with E-state index >= 15 is 0 Å². The van der Waals surface area contributed by atoms with Crippen molar-refractivity contribution in [2.75, 3.05) is 18.7 Å². The van der Waals surface area contributed by atoms with Gasteiger partial charge in [0.05, 0.1) is 12.7 Å². The summed E-state index contributed by atoms with van der Waals surface area (Å²) in [5.74, 6) is 0.489. The van der Waals surface area contributed by atoms with Crippen molar-refractivity contribution >= 4 is 29.3 Å². The lowest BCUT2D eigenvalue weighted by Crippen LogP contribution is -2.32. The summed E-state index contributed by atoms with van der Waals surface area (Å²) in [5, 5.41) is 11.7. The second-order valence-electron chi connectivity index (χ2n) is 6.64. The van der Waals surface area contributed by atoms with Crippen molar-refractivity contribution in [3.05, 3.63) is 59.9 Å². The third kappa shape index (κ3) is 5.24. The highest BCUT2D eigenvalue weighted by Gasteiger charge is 2.22. The summed E-state index contributed by atoms with van der Waals surface area (Å²) in [4.78, 5) is 25.1. The molecule has 3 aromatic rings.